The summed E-state index contributed by atoms with van der Waals surface area (Å²) in [5.74, 6) is 1.62. The highest BCUT2D eigenvalue weighted by Gasteiger charge is 2.28. The van der Waals surface area contributed by atoms with Crippen molar-refractivity contribution >= 4 is 6.03 Å². The minimum absolute atomic E-state index is 0.0638. The Bertz CT molecular complexity index is 718. The molecule has 5 heteroatoms. The molecule has 0 bridgehead atoms. The van der Waals surface area contributed by atoms with E-state index in [4.69, 9.17) is 4.42 Å². The molecule has 150 valence electrons. The molecule has 5 nitrogen and oxygen atoms in total. The molecule has 2 aliphatic heterocycles. The van der Waals surface area contributed by atoms with Crippen LogP contribution in [0.4, 0.5) is 4.79 Å². The first-order chi connectivity index (χ1) is 13.8. The Morgan fingerprint density at radius 3 is 2.46 bits per heavy atom. The molecule has 28 heavy (non-hydrogen) atoms. The van der Waals surface area contributed by atoms with E-state index in [-0.39, 0.29) is 12.1 Å². The number of hydrogen-bond acceptors (Lipinski definition) is 3. The van der Waals surface area contributed by atoms with Crippen LogP contribution >= 0.6 is 0 Å². The first kappa shape index (κ1) is 19.1. The number of hydrogen-bond donors (Lipinski definition) is 1. The van der Waals surface area contributed by atoms with Crippen LogP contribution in [0.25, 0.3) is 0 Å². The number of piperidine rings is 1. The molecule has 0 aliphatic carbocycles. The SMILES string of the molecule is O=C(NC[C@H](c1ccco1)N1CCCC1)N1CCC(Cc2ccccc2)CC1. The summed E-state index contributed by atoms with van der Waals surface area (Å²) in [5, 5.41) is 3.17. The average molecular weight is 382 g/mol. The number of carbonyl (C=O) groups is 1. The normalized spacial score (nSPS) is 19.6. The molecule has 1 atom stereocenters. The molecular weight excluding hydrogens is 350 g/mol. The number of amides is 2. The highest BCUT2D eigenvalue weighted by Crippen LogP contribution is 2.25. The fraction of sp³-hybridized carbons (Fsp3) is 0.522. The van der Waals surface area contributed by atoms with Gasteiger partial charge < -0.3 is 14.6 Å². The van der Waals surface area contributed by atoms with Crippen LogP contribution in [-0.4, -0.2) is 48.6 Å². The smallest absolute Gasteiger partial charge is 0.317 e. The predicted molar refractivity (Wildman–Crippen MR) is 110 cm³/mol. The maximum absolute atomic E-state index is 12.7. The second-order valence-corrected chi connectivity index (χ2v) is 8.08. The standard InChI is InChI=1S/C23H31N3O2/c27-23(24-18-21(22-9-6-16-28-22)25-12-4-5-13-25)26-14-10-20(11-15-26)17-19-7-2-1-3-8-19/h1-3,6-9,16,20-21H,4-5,10-15,17-18H2,(H,24,27)/t21-/m1/s1. The molecule has 2 amide bonds. The molecule has 1 N–H and O–H groups in total. The molecule has 4 rings (SSSR count). The van der Waals surface area contributed by atoms with Crippen molar-refractivity contribution in [1.82, 2.24) is 15.1 Å². The molecule has 0 unspecified atom stereocenters. The van der Waals surface area contributed by atoms with Gasteiger partial charge in [-0.1, -0.05) is 30.3 Å². The van der Waals surface area contributed by atoms with Crippen molar-refractivity contribution in [3.05, 3.63) is 60.1 Å². The van der Waals surface area contributed by atoms with Crippen LogP contribution in [-0.2, 0) is 6.42 Å². The number of rotatable bonds is 6. The van der Waals surface area contributed by atoms with Crippen molar-refractivity contribution in [2.45, 2.75) is 38.1 Å². The van der Waals surface area contributed by atoms with Gasteiger partial charge in [0.25, 0.3) is 0 Å². The summed E-state index contributed by atoms with van der Waals surface area (Å²) in [6.07, 6.45) is 7.44. The number of furan rings is 1. The van der Waals surface area contributed by atoms with Gasteiger partial charge in [-0.3, -0.25) is 4.90 Å². The monoisotopic (exact) mass is 381 g/mol. The second kappa shape index (κ2) is 9.28. The maximum atomic E-state index is 12.7. The van der Waals surface area contributed by atoms with E-state index in [0.717, 1.165) is 51.2 Å². The van der Waals surface area contributed by atoms with Crippen LogP contribution < -0.4 is 5.32 Å². The Morgan fingerprint density at radius 1 is 1.04 bits per heavy atom. The first-order valence-corrected chi connectivity index (χ1v) is 10.6. The molecule has 1 aromatic carbocycles. The third kappa shape index (κ3) is 4.76. The number of nitrogens with one attached hydrogen (secondary N) is 1. The Kier molecular flexibility index (Phi) is 6.32. The van der Waals surface area contributed by atoms with Gasteiger partial charge in [-0.05, 0) is 68.8 Å². The highest BCUT2D eigenvalue weighted by atomic mass is 16.3. The zero-order chi connectivity index (χ0) is 19.2. The molecule has 0 saturated carbocycles. The Balaban J connectivity index is 1.26. The molecule has 2 aliphatic rings. The van der Waals surface area contributed by atoms with E-state index in [1.54, 1.807) is 6.26 Å². The average Bonchev–Trinajstić information content (AvgIpc) is 3.44. The van der Waals surface area contributed by atoms with Crippen molar-refractivity contribution in [3.8, 4) is 0 Å². The molecule has 3 heterocycles. The van der Waals surface area contributed by atoms with Crippen molar-refractivity contribution in [3.63, 3.8) is 0 Å². The number of nitrogens with zero attached hydrogens (tertiary/aromatic N) is 2. The van der Waals surface area contributed by atoms with E-state index in [0.29, 0.717) is 12.5 Å². The molecule has 1 aromatic heterocycles. The van der Waals surface area contributed by atoms with E-state index in [1.165, 1.54) is 18.4 Å². The van der Waals surface area contributed by atoms with Gasteiger partial charge in [0, 0.05) is 19.6 Å². The van der Waals surface area contributed by atoms with Crippen LogP contribution in [0.3, 0.4) is 0 Å². The van der Waals surface area contributed by atoms with Gasteiger partial charge in [-0.15, -0.1) is 0 Å². The summed E-state index contributed by atoms with van der Waals surface area (Å²) in [4.78, 5) is 17.1. The van der Waals surface area contributed by atoms with Crippen molar-refractivity contribution in [2.24, 2.45) is 5.92 Å². The summed E-state index contributed by atoms with van der Waals surface area (Å²) in [5.41, 5.74) is 1.40. The Hall–Kier alpha value is -2.27. The van der Waals surface area contributed by atoms with Crippen molar-refractivity contribution < 1.29 is 9.21 Å². The lowest BCUT2D eigenvalue weighted by Gasteiger charge is -2.33. The lowest BCUT2D eigenvalue weighted by molar-refractivity contribution is 0.161. The zero-order valence-electron chi connectivity index (χ0n) is 16.6. The highest BCUT2D eigenvalue weighted by molar-refractivity contribution is 5.74. The van der Waals surface area contributed by atoms with Crippen molar-refractivity contribution in [2.75, 3.05) is 32.7 Å². The van der Waals surface area contributed by atoms with Gasteiger partial charge in [-0.25, -0.2) is 4.79 Å². The molecule has 2 saturated heterocycles. The molecule has 0 spiro atoms. The van der Waals surface area contributed by atoms with Crippen LogP contribution in [0.2, 0.25) is 0 Å². The van der Waals surface area contributed by atoms with Crippen LogP contribution in [0.1, 0.15) is 43.0 Å². The summed E-state index contributed by atoms with van der Waals surface area (Å²) in [7, 11) is 0. The lowest BCUT2D eigenvalue weighted by atomic mass is 9.90. The van der Waals surface area contributed by atoms with Crippen LogP contribution in [0.15, 0.2) is 53.1 Å². The van der Waals surface area contributed by atoms with Gasteiger partial charge in [0.15, 0.2) is 0 Å². The van der Waals surface area contributed by atoms with Gasteiger partial charge in [0.2, 0.25) is 0 Å². The van der Waals surface area contributed by atoms with E-state index < -0.39 is 0 Å². The summed E-state index contributed by atoms with van der Waals surface area (Å²) in [6, 6.07) is 14.8. The fourth-order valence-corrected chi connectivity index (χ4v) is 4.53. The van der Waals surface area contributed by atoms with Gasteiger partial charge >= 0.3 is 6.03 Å². The third-order valence-electron chi connectivity index (χ3n) is 6.17. The largest absolute Gasteiger partial charge is 0.468 e. The second-order valence-electron chi connectivity index (χ2n) is 8.08. The Labute approximate surface area is 167 Å². The quantitative estimate of drug-likeness (QED) is 0.820. The van der Waals surface area contributed by atoms with Crippen LogP contribution in [0.5, 0.6) is 0 Å². The predicted octanol–water partition coefficient (Wildman–Crippen LogP) is 4.08. The lowest BCUT2D eigenvalue weighted by Crippen LogP contribution is -2.47. The number of likely N-dealkylation sites (tertiary alicyclic amines) is 2. The number of benzene rings is 1. The molecular formula is C23H31N3O2. The molecule has 0 radical (unpaired) electrons. The Morgan fingerprint density at radius 2 is 1.79 bits per heavy atom. The minimum atomic E-state index is 0.0638. The topological polar surface area (TPSA) is 48.7 Å². The zero-order valence-corrected chi connectivity index (χ0v) is 16.6. The van der Waals surface area contributed by atoms with Crippen molar-refractivity contribution in [1.29, 1.82) is 0 Å². The summed E-state index contributed by atoms with van der Waals surface area (Å²) >= 11 is 0. The van der Waals surface area contributed by atoms with Crippen LogP contribution in [0, 0.1) is 5.92 Å². The van der Waals surface area contributed by atoms with E-state index in [9.17, 15) is 4.79 Å². The first-order valence-electron chi connectivity index (χ1n) is 10.6. The maximum Gasteiger partial charge on any atom is 0.317 e. The molecule has 2 aromatic rings. The van der Waals surface area contributed by atoms with Gasteiger partial charge in [-0.2, -0.15) is 0 Å². The van der Waals surface area contributed by atoms with Gasteiger partial charge in [0.05, 0.1) is 12.3 Å². The van der Waals surface area contributed by atoms with E-state index >= 15 is 0 Å². The fourth-order valence-electron chi connectivity index (χ4n) is 4.53. The minimum Gasteiger partial charge on any atom is -0.468 e. The summed E-state index contributed by atoms with van der Waals surface area (Å²) in [6.45, 7) is 4.45. The third-order valence-corrected chi connectivity index (χ3v) is 6.17. The van der Waals surface area contributed by atoms with E-state index in [1.807, 2.05) is 17.0 Å². The molecule has 2 fully saturated rings. The number of urea groups is 1. The van der Waals surface area contributed by atoms with Gasteiger partial charge in [0.1, 0.15) is 5.76 Å². The summed E-state index contributed by atoms with van der Waals surface area (Å²) < 4.78 is 5.65. The van der Waals surface area contributed by atoms with E-state index in [2.05, 4.69) is 40.5 Å². The number of carbonyl (C=O) groups excluding carboxylic acids is 1.